The molecule has 1 aromatic carbocycles. The summed E-state index contributed by atoms with van der Waals surface area (Å²) < 4.78 is 25.9. The predicted octanol–water partition coefficient (Wildman–Crippen LogP) is 4.20. The number of benzene rings is 1. The number of nitrogens with one attached hydrogen (secondary N) is 1. The molecule has 0 unspecified atom stereocenters. The van der Waals surface area contributed by atoms with Gasteiger partial charge in [-0.05, 0) is 18.2 Å². The first kappa shape index (κ1) is 13.1. The number of anilines is 1. The number of rotatable bonds is 4. The van der Waals surface area contributed by atoms with Crippen LogP contribution in [0, 0.1) is 0 Å². The first-order valence-electron chi connectivity index (χ1n) is 5.06. The molecule has 0 bridgehead atoms. The summed E-state index contributed by atoms with van der Waals surface area (Å²) in [6, 6.07) is 4.92. The number of hydrogen-bond donors (Lipinski definition) is 1. The summed E-state index contributed by atoms with van der Waals surface area (Å²) in [6.45, 7) is -2.46. The lowest BCUT2D eigenvalue weighted by Crippen LogP contribution is -2.09. The Morgan fingerprint density at radius 1 is 1.33 bits per heavy atom. The molecule has 0 atom stereocenters. The van der Waals surface area contributed by atoms with Crippen molar-refractivity contribution in [2.45, 2.75) is 13.1 Å². The molecule has 0 amide bonds. The van der Waals surface area contributed by atoms with Gasteiger partial charge in [0.25, 0.3) is 0 Å². The summed E-state index contributed by atoms with van der Waals surface area (Å²) in [7, 11) is 0. The fourth-order valence-corrected chi connectivity index (χ4v) is 1.94. The van der Waals surface area contributed by atoms with Crippen LogP contribution in [0.25, 0.3) is 0 Å². The number of nitrogens with zero attached hydrogens (tertiary/aromatic N) is 2. The van der Waals surface area contributed by atoms with Crippen LogP contribution in [0.5, 0.6) is 0 Å². The number of alkyl halides is 2. The normalized spacial score (nSPS) is 10.9. The fourth-order valence-electron chi connectivity index (χ4n) is 1.47. The van der Waals surface area contributed by atoms with Crippen LogP contribution in [0.3, 0.4) is 0 Å². The van der Waals surface area contributed by atoms with E-state index in [1.807, 2.05) is 0 Å². The monoisotopic (exact) mass is 291 g/mol. The van der Waals surface area contributed by atoms with Gasteiger partial charge in [0, 0.05) is 17.4 Å². The Morgan fingerprint density at radius 3 is 2.78 bits per heavy atom. The third-order valence-electron chi connectivity index (χ3n) is 2.33. The first-order chi connectivity index (χ1) is 8.58. The van der Waals surface area contributed by atoms with Crippen LogP contribution in [0.1, 0.15) is 12.4 Å². The molecule has 0 aliphatic heterocycles. The van der Waals surface area contributed by atoms with E-state index in [2.05, 4.69) is 10.3 Å². The van der Waals surface area contributed by atoms with Crippen molar-refractivity contribution in [3.63, 3.8) is 0 Å². The lowest BCUT2D eigenvalue weighted by atomic mass is 10.3. The second-order valence-corrected chi connectivity index (χ2v) is 4.35. The molecule has 7 heteroatoms. The Labute approximate surface area is 112 Å². The van der Waals surface area contributed by atoms with Gasteiger partial charge in [-0.2, -0.15) is 8.78 Å². The van der Waals surface area contributed by atoms with Crippen LogP contribution in [0.4, 0.5) is 14.5 Å². The highest BCUT2D eigenvalue weighted by Gasteiger charge is 2.11. The fraction of sp³-hybridized carbons (Fsp3) is 0.182. The van der Waals surface area contributed by atoms with Crippen LogP contribution in [0.15, 0.2) is 30.6 Å². The molecule has 0 radical (unpaired) electrons. The highest BCUT2D eigenvalue weighted by Crippen LogP contribution is 2.25. The van der Waals surface area contributed by atoms with Gasteiger partial charge in [0.15, 0.2) is 0 Å². The number of imidazole rings is 1. The lowest BCUT2D eigenvalue weighted by Gasteiger charge is -2.10. The Balaban J connectivity index is 2.09. The van der Waals surface area contributed by atoms with Gasteiger partial charge in [-0.1, -0.05) is 23.2 Å². The predicted molar refractivity (Wildman–Crippen MR) is 67.3 cm³/mol. The molecule has 0 fully saturated rings. The van der Waals surface area contributed by atoms with Crippen molar-refractivity contribution in [1.82, 2.24) is 9.55 Å². The van der Waals surface area contributed by atoms with E-state index in [-0.39, 0.29) is 12.4 Å². The van der Waals surface area contributed by atoms with Gasteiger partial charge in [0.05, 0.1) is 17.3 Å². The van der Waals surface area contributed by atoms with Gasteiger partial charge in [0.1, 0.15) is 5.82 Å². The highest BCUT2D eigenvalue weighted by atomic mass is 35.5. The van der Waals surface area contributed by atoms with Gasteiger partial charge in [-0.15, -0.1) is 0 Å². The molecule has 1 N–H and O–H groups in total. The maximum Gasteiger partial charge on any atom is 0.319 e. The van der Waals surface area contributed by atoms with Crippen molar-refractivity contribution < 1.29 is 8.78 Å². The van der Waals surface area contributed by atoms with Crippen molar-refractivity contribution in [2.75, 3.05) is 5.32 Å². The largest absolute Gasteiger partial charge is 0.377 e. The van der Waals surface area contributed by atoms with Gasteiger partial charge in [-0.3, -0.25) is 4.57 Å². The van der Waals surface area contributed by atoms with E-state index >= 15 is 0 Å². The second kappa shape index (κ2) is 5.54. The summed E-state index contributed by atoms with van der Waals surface area (Å²) >= 11 is 11.7. The number of hydrogen-bond acceptors (Lipinski definition) is 2. The Kier molecular flexibility index (Phi) is 4.04. The molecule has 0 saturated carbocycles. The van der Waals surface area contributed by atoms with E-state index in [1.165, 1.54) is 12.4 Å². The van der Waals surface area contributed by atoms with Gasteiger partial charge >= 0.3 is 6.55 Å². The molecule has 2 aromatic rings. The molecule has 2 rings (SSSR count). The van der Waals surface area contributed by atoms with Gasteiger partial charge < -0.3 is 5.32 Å². The standard InChI is InChI=1S/C11H9Cl2F2N3/c12-7-1-2-9(8(13)5-7)17-6-10-16-3-4-18(10)11(14)15/h1-5,11,17H,6H2. The summed E-state index contributed by atoms with van der Waals surface area (Å²) in [5.41, 5.74) is 0.616. The Bertz CT molecular complexity index is 543. The van der Waals surface area contributed by atoms with Crippen LogP contribution in [-0.4, -0.2) is 9.55 Å². The average Bonchev–Trinajstić information content (AvgIpc) is 2.76. The molecule has 18 heavy (non-hydrogen) atoms. The zero-order valence-electron chi connectivity index (χ0n) is 9.08. The van der Waals surface area contributed by atoms with Crippen molar-refractivity contribution in [3.8, 4) is 0 Å². The number of aromatic nitrogens is 2. The average molecular weight is 292 g/mol. The van der Waals surface area contributed by atoms with E-state index in [4.69, 9.17) is 23.2 Å². The van der Waals surface area contributed by atoms with Crippen molar-refractivity contribution in [1.29, 1.82) is 0 Å². The minimum Gasteiger partial charge on any atom is -0.377 e. The molecule has 0 saturated heterocycles. The zero-order valence-corrected chi connectivity index (χ0v) is 10.6. The minimum absolute atomic E-state index is 0.151. The Morgan fingerprint density at radius 2 is 2.11 bits per heavy atom. The van der Waals surface area contributed by atoms with E-state index in [0.717, 1.165) is 4.57 Å². The zero-order chi connectivity index (χ0) is 13.1. The van der Waals surface area contributed by atoms with Crippen molar-refractivity contribution >= 4 is 28.9 Å². The maximum absolute atomic E-state index is 12.6. The molecule has 0 aliphatic rings. The van der Waals surface area contributed by atoms with E-state index < -0.39 is 6.55 Å². The van der Waals surface area contributed by atoms with E-state index in [1.54, 1.807) is 18.2 Å². The second-order valence-electron chi connectivity index (χ2n) is 3.51. The van der Waals surface area contributed by atoms with Crippen molar-refractivity contribution in [2.24, 2.45) is 0 Å². The van der Waals surface area contributed by atoms with Crippen LogP contribution < -0.4 is 5.32 Å². The molecule has 96 valence electrons. The third kappa shape index (κ3) is 2.91. The molecule has 3 nitrogen and oxygen atoms in total. The topological polar surface area (TPSA) is 29.9 Å². The summed E-state index contributed by atoms with van der Waals surface area (Å²) in [5, 5.41) is 3.87. The molecular formula is C11H9Cl2F2N3. The molecular weight excluding hydrogens is 283 g/mol. The molecule has 0 aliphatic carbocycles. The third-order valence-corrected chi connectivity index (χ3v) is 2.88. The van der Waals surface area contributed by atoms with Gasteiger partial charge in [0.2, 0.25) is 0 Å². The first-order valence-corrected chi connectivity index (χ1v) is 5.82. The molecule has 1 aromatic heterocycles. The van der Waals surface area contributed by atoms with E-state index in [9.17, 15) is 8.78 Å². The smallest absolute Gasteiger partial charge is 0.319 e. The number of halogens is 4. The van der Waals surface area contributed by atoms with E-state index in [0.29, 0.717) is 15.7 Å². The molecule has 1 heterocycles. The quantitative estimate of drug-likeness (QED) is 0.915. The Hall–Kier alpha value is -1.33. The minimum atomic E-state index is -2.61. The maximum atomic E-state index is 12.6. The van der Waals surface area contributed by atoms with Crippen molar-refractivity contribution in [3.05, 3.63) is 46.5 Å². The van der Waals surface area contributed by atoms with Crippen LogP contribution in [-0.2, 0) is 6.54 Å². The SMILES string of the molecule is FC(F)n1ccnc1CNc1ccc(Cl)cc1Cl. The summed E-state index contributed by atoms with van der Waals surface area (Å²) in [6.07, 6.45) is 2.55. The summed E-state index contributed by atoms with van der Waals surface area (Å²) in [5.74, 6) is 0.232. The van der Waals surface area contributed by atoms with Crippen LogP contribution >= 0.6 is 23.2 Å². The highest BCUT2D eigenvalue weighted by molar-refractivity contribution is 6.36. The van der Waals surface area contributed by atoms with Gasteiger partial charge in [-0.25, -0.2) is 4.98 Å². The summed E-state index contributed by atoms with van der Waals surface area (Å²) in [4.78, 5) is 3.85. The molecule has 0 spiro atoms. The van der Waals surface area contributed by atoms with Crippen LogP contribution in [0.2, 0.25) is 10.0 Å². The lowest BCUT2D eigenvalue weighted by molar-refractivity contribution is 0.0673.